The second-order valence-corrected chi connectivity index (χ2v) is 6.63. The number of rotatable bonds is 4. The highest BCUT2D eigenvalue weighted by Gasteiger charge is 2.43. The second kappa shape index (κ2) is 6.62. The first-order valence-electron chi connectivity index (χ1n) is 8.38. The predicted molar refractivity (Wildman–Crippen MR) is 94.7 cm³/mol. The fourth-order valence-electron chi connectivity index (χ4n) is 3.94. The van der Waals surface area contributed by atoms with E-state index in [9.17, 15) is 20.2 Å². The lowest BCUT2D eigenvalue weighted by Gasteiger charge is -2.37. The molecule has 2 fully saturated rings. The Morgan fingerprint density at radius 2 is 1.80 bits per heavy atom. The number of benzene rings is 1. The van der Waals surface area contributed by atoms with Crippen LogP contribution in [0.1, 0.15) is 44.9 Å². The van der Waals surface area contributed by atoms with E-state index in [4.69, 9.17) is 0 Å². The summed E-state index contributed by atoms with van der Waals surface area (Å²) in [6.07, 6.45) is 7.13. The van der Waals surface area contributed by atoms with Crippen LogP contribution in [0.4, 0.5) is 17.1 Å². The summed E-state index contributed by atoms with van der Waals surface area (Å²) in [7, 11) is 0. The van der Waals surface area contributed by atoms with E-state index < -0.39 is 9.85 Å². The van der Waals surface area contributed by atoms with Crippen LogP contribution < -0.4 is 5.43 Å². The van der Waals surface area contributed by atoms with Gasteiger partial charge in [-0.2, -0.15) is 5.10 Å². The lowest BCUT2D eigenvalue weighted by molar-refractivity contribution is -0.393. The summed E-state index contributed by atoms with van der Waals surface area (Å²) < 4.78 is 0. The van der Waals surface area contributed by atoms with Crippen molar-refractivity contribution in [1.29, 1.82) is 0 Å². The monoisotopic (exact) mass is 344 g/mol. The standard InChI is InChI=1S/C17H20N4O4/c1-12-5-4-6-16(17(12)9-2-3-10-17)19-18-14-8-7-13(20(22)23)11-15(14)21(24)25/h7-8,11,18H,1-6,9-10H2/b19-16+. The molecular formula is C17H20N4O4. The Hall–Kier alpha value is -2.77. The molecule has 2 aliphatic rings. The summed E-state index contributed by atoms with van der Waals surface area (Å²) in [6, 6.07) is 3.52. The highest BCUT2D eigenvalue weighted by Crippen LogP contribution is 2.50. The van der Waals surface area contributed by atoms with Crippen LogP contribution in [0.5, 0.6) is 0 Å². The maximum absolute atomic E-state index is 11.2. The molecule has 8 nitrogen and oxygen atoms in total. The van der Waals surface area contributed by atoms with Crippen LogP contribution >= 0.6 is 0 Å². The van der Waals surface area contributed by atoms with Gasteiger partial charge in [0, 0.05) is 17.2 Å². The van der Waals surface area contributed by atoms with Gasteiger partial charge in [0.15, 0.2) is 0 Å². The first-order valence-corrected chi connectivity index (χ1v) is 8.38. The van der Waals surface area contributed by atoms with E-state index in [0.29, 0.717) is 0 Å². The number of non-ortho nitro benzene ring substituents is 1. The van der Waals surface area contributed by atoms with Crippen molar-refractivity contribution < 1.29 is 9.85 Å². The van der Waals surface area contributed by atoms with E-state index in [1.165, 1.54) is 17.7 Å². The number of anilines is 1. The van der Waals surface area contributed by atoms with Crippen molar-refractivity contribution in [3.63, 3.8) is 0 Å². The molecular weight excluding hydrogens is 324 g/mol. The third-order valence-electron chi connectivity index (χ3n) is 5.28. The molecule has 1 N–H and O–H groups in total. The van der Waals surface area contributed by atoms with Gasteiger partial charge in [0.1, 0.15) is 5.69 Å². The molecule has 8 heteroatoms. The number of nitro groups is 2. The maximum Gasteiger partial charge on any atom is 0.301 e. The maximum atomic E-state index is 11.2. The smallest absolute Gasteiger partial charge is 0.272 e. The minimum absolute atomic E-state index is 0.0825. The Labute approximate surface area is 144 Å². The molecule has 132 valence electrons. The van der Waals surface area contributed by atoms with Crippen LogP contribution in [0.3, 0.4) is 0 Å². The summed E-state index contributed by atoms with van der Waals surface area (Å²) >= 11 is 0. The fraction of sp³-hybridized carbons (Fsp3) is 0.471. The van der Waals surface area contributed by atoms with Gasteiger partial charge in [-0.3, -0.25) is 25.7 Å². The minimum Gasteiger partial charge on any atom is -0.272 e. The van der Waals surface area contributed by atoms with Crippen molar-refractivity contribution in [2.75, 3.05) is 5.43 Å². The number of hydrogen-bond donors (Lipinski definition) is 1. The third-order valence-corrected chi connectivity index (χ3v) is 5.28. The van der Waals surface area contributed by atoms with Gasteiger partial charge in [-0.05, 0) is 38.2 Å². The van der Waals surface area contributed by atoms with Crippen LogP contribution in [-0.4, -0.2) is 15.6 Å². The van der Waals surface area contributed by atoms with E-state index >= 15 is 0 Å². The summed E-state index contributed by atoms with van der Waals surface area (Å²) in [5, 5.41) is 26.5. The zero-order chi connectivity index (χ0) is 18.0. The molecule has 2 aliphatic carbocycles. The normalized spacial score (nSPS) is 20.8. The number of hydrogen-bond acceptors (Lipinski definition) is 6. The van der Waals surface area contributed by atoms with E-state index in [1.54, 1.807) is 0 Å². The highest BCUT2D eigenvalue weighted by atomic mass is 16.6. The number of nitrogens with zero attached hydrogens (tertiary/aromatic N) is 3. The lowest BCUT2D eigenvalue weighted by atomic mass is 9.68. The van der Waals surface area contributed by atoms with Gasteiger partial charge < -0.3 is 0 Å². The number of allylic oxidation sites excluding steroid dienone is 1. The van der Waals surface area contributed by atoms with Crippen molar-refractivity contribution in [1.82, 2.24) is 0 Å². The summed E-state index contributed by atoms with van der Waals surface area (Å²) in [5.41, 5.74) is 4.39. The first kappa shape index (κ1) is 17.1. The third kappa shape index (κ3) is 3.11. The molecule has 0 amide bonds. The molecule has 3 rings (SSSR count). The minimum atomic E-state index is -0.651. The summed E-state index contributed by atoms with van der Waals surface area (Å²) in [5.74, 6) is 0. The van der Waals surface area contributed by atoms with Crippen LogP contribution in [0, 0.1) is 25.6 Å². The zero-order valence-corrected chi connectivity index (χ0v) is 13.9. The average Bonchev–Trinajstić information content (AvgIpc) is 3.06. The van der Waals surface area contributed by atoms with Crippen LogP contribution in [0.2, 0.25) is 0 Å². The molecule has 0 heterocycles. The van der Waals surface area contributed by atoms with E-state index in [1.807, 2.05) is 0 Å². The van der Waals surface area contributed by atoms with Crippen molar-refractivity contribution >= 4 is 22.8 Å². The Kier molecular flexibility index (Phi) is 4.52. The van der Waals surface area contributed by atoms with Crippen molar-refractivity contribution in [3.8, 4) is 0 Å². The van der Waals surface area contributed by atoms with Gasteiger partial charge in [0.05, 0.1) is 15.9 Å². The molecule has 1 spiro atoms. The van der Waals surface area contributed by atoms with Crippen molar-refractivity contribution in [3.05, 3.63) is 50.6 Å². The average molecular weight is 344 g/mol. The second-order valence-electron chi connectivity index (χ2n) is 6.63. The molecule has 0 atom stereocenters. The van der Waals surface area contributed by atoms with E-state index in [2.05, 4.69) is 17.1 Å². The fourth-order valence-corrected chi connectivity index (χ4v) is 3.94. The zero-order valence-electron chi connectivity index (χ0n) is 13.9. The molecule has 0 saturated heterocycles. The van der Waals surface area contributed by atoms with E-state index in [0.717, 1.165) is 56.7 Å². The highest BCUT2D eigenvalue weighted by molar-refractivity contribution is 5.94. The summed E-state index contributed by atoms with van der Waals surface area (Å²) in [4.78, 5) is 20.8. The lowest BCUT2D eigenvalue weighted by Crippen LogP contribution is -2.34. The van der Waals surface area contributed by atoms with Crippen molar-refractivity contribution in [2.45, 2.75) is 44.9 Å². The molecule has 1 aromatic carbocycles. The largest absolute Gasteiger partial charge is 0.301 e. The van der Waals surface area contributed by atoms with Crippen LogP contribution in [0.25, 0.3) is 0 Å². The summed E-state index contributed by atoms with van der Waals surface area (Å²) in [6.45, 7) is 4.24. The van der Waals surface area contributed by atoms with Gasteiger partial charge in [-0.15, -0.1) is 0 Å². The van der Waals surface area contributed by atoms with Gasteiger partial charge in [-0.25, -0.2) is 0 Å². The topological polar surface area (TPSA) is 111 Å². The molecule has 0 radical (unpaired) electrons. The van der Waals surface area contributed by atoms with Crippen molar-refractivity contribution in [2.24, 2.45) is 10.5 Å². The molecule has 25 heavy (non-hydrogen) atoms. The Balaban J connectivity index is 1.91. The van der Waals surface area contributed by atoms with E-state index in [-0.39, 0.29) is 22.5 Å². The van der Waals surface area contributed by atoms with Gasteiger partial charge in [0.2, 0.25) is 0 Å². The molecule has 0 aromatic heterocycles. The molecule has 0 unspecified atom stereocenters. The van der Waals surface area contributed by atoms with Gasteiger partial charge in [-0.1, -0.05) is 25.0 Å². The van der Waals surface area contributed by atoms with Crippen LogP contribution in [-0.2, 0) is 0 Å². The Morgan fingerprint density at radius 3 is 2.44 bits per heavy atom. The first-order chi connectivity index (χ1) is 11.9. The van der Waals surface area contributed by atoms with Gasteiger partial charge >= 0.3 is 5.69 Å². The molecule has 0 bridgehead atoms. The Morgan fingerprint density at radius 1 is 1.08 bits per heavy atom. The molecule has 0 aliphatic heterocycles. The Bertz CT molecular complexity index is 766. The van der Waals surface area contributed by atoms with Crippen LogP contribution in [0.15, 0.2) is 35.5 Å². The van der Waals surface area contributed by atoms with Gasteiger partial charge in [0.25, 0.3) is 5.69 Å². The number of nitrogens with one attached hydrogen (secondary N) is 1. The molecule has 2 saturated carbocycles. The SMILES string of the molecule is C=C1CCC/C(=N\Nc2ccc([N+](=O)[O-])cc2[N+](=O)[O-])C12CCCC2. The molecule has 1 aromatic rings. The quantitative estimate of drug-likeness (QED) is 0.488. The number of nitro benzene ring substituents is 2. The predicted octanol–water partition coefficient (Wildman–Crippen LogP) is 4.57. The number of hydrazone groups is 1.